The van der Waals surface area contributed by atoms with Crippen LogP contribution in [0.4, 0.5) is 0 Å². The number of benzene rings is 1. The molecule has 0 aliphatic rings. The van der Waals surface area contributed by atoms with Crippen LogP contribution in [0.5, 0.6) is 0 Å². The van der Waals surface area contributed by atoms with Crippen molar-refractivity contribution in [2.24, 2.45) is 0 Å². The zero-order valence-electron chi connectivity index (χ0n) is 15.4. The van der Waals surface area contributed by atoms with E-state index in [-0.39, 0.29) is 24.7 Å². The van der Waals surface area contributed by atoms with Crippen LogP contribution in [0.2, 0.25) is 5.02 Å². The molecule has 0 aliphatic carbocycles. The van der Waals surface area contributed by atoms with Gasteiger partial charge in [0.1, 0.15) is 5.01 Å². The number of amides is 2. The number of rotatable bonds is 5. The van der Waals surface area contributed by atoms with E-state index in [4.69, 9.17) is 11.6 Å². The second-order valence-corrected chi connectivity index (χ2v) is 7.82. The number of carbonyl (C=O) groups excluding carboxylic acids is 2. The molecule has 0 spiro atoms. The Morgan fingerprint density at radius 3 is 2.37 bits per heavy atom. The second kappa shape index (κ2) is 7.61. The number of aromatic nitrogens is 4. The fraction of sp³-hybridized carbons (Fsp3) is 0.353. The summed E-state index contributed by atoms with van der Waals surface area (Å²) in [6, 6.07) is 5.49. The Morgan fingerprint density at radius 2 is 1.74 bits per heavy atom. The third-order valence-corrected chi connectivity index (χ3v) is 5.30. The lowest BCUT2D eigenvalue weighted by Gasteiger charge is -2.11. The predicted molar refractivity (Wildman–Crippen MR) is 104 cm³/mol. The van der Waals surface area contributed by atoms with Gasteiger partial charge in [-0.05, 0) is 11.6 Å². The molecule has 0 radical (unpaired) electrons. The molecule has 0 N–H and O–H groups in total. The lowest BCUT2D eigenvalue weighted by atomic mass is 10.1. The van der Waals surface area contributed by atoms with Crippen LogP contribution in [0.1, 0.15) is 11.4 Å². The van der Waals surface area contributed by atoms with Gasteiger partial charge in [0, 0.05) is 38.8 Å². The molecule has 0 aliphatic heterocycles. The van der Waals surface area contributed by atoms with Crippen LogP contribution in [0.15, 0.2) is 18.2 Å². The third-order valence-electron chi connectivity index (χ3n) is 4.00. The van der Waals surface area contributed by atoms with Gasteiger partial charge in [0.15, 0.2) is 5.82 Å². The number of hydrogen-bond donors (Lipinski definition) is 0. The second-order valence-electron chi connectivity index (χ2n) is 6.45. The van der Waals surface area contributed by atoms with Crippen molar-refractivity contribution in [3.8, 4) is 10.6 Å². The van der Waals surface area contributed by atoms with Crippen molar-refractivity contribution in [3.05, 3.63) is 34.6 Å². The number of hydrogen-bond acceptors (Lipinski definition) is 6. The van der Waals surface area contributed by atoms with E-state index in [1.54, 1.807) is 38.8 Å². The summed E-state index contributed by atoms with van der Waals surface area (Å²) in [5.74, 6) is 0.404. The molecule has 1 aromatic carbocycles. The molecule has 2 amide bonds. The van der Waals surface area contributed by atoms with Crippen molar-refractivity contribution < 1.29 is 9.59 Å². The van der Waals surface area contributed by atoms with E-state index in [1.807, 2.05) is 12.1 Å². The summed E-state index contributed by atoms with van der Waals surface area (Å²) in [6.07, 6.45) is 0.373. The molecule has 142 valence electrons. The fourth-order valence-electron chi connectivity index (χ4n) is 2.32. The first kappa shape index (κ1) is 19.2. The molecule has 3 aromatic rings. The van der Waals surface area contributed by atoms with Gasteiger partial charge >= 0.3 is 0 Å². The van der Waals surface area contributed by atoms with Gasteiger partial charge in [0.2, 0.25) is 16.8 Å². The van der Waals surface area contributed by atoms with Gasteiger partial charge in [-0.2, -0.15) is 9.61 Å². The van der Waals surface area contributed by atoms with E-state index in [0.717, 1.165) is 11.1 Å². The molecular formula is C17H19ClN6O2S. The standard InChI is InChI=1S/C17H19ClN6O2S/c1-22(2)14(25)8-10-5-6-11(7-12(10)18)16-21-24-13(9-15(26)23(3)4)19-20-17(24)27-16/h5-7H,8-9H2,1-4H3. The maximum atomic E-state index is 11.9. The molecule has 8 nitrogen and oxygen atoms in total. The number of carbonyl (C=O) groups is 2. The molecular weight excluding hydrogens is 388 g/mol. The Hall–Kier alpha value is -2.52. The molecule has 27 heavy (non-hydrogen) atoms. The summed E-state index contributed by atoms with van der Waals surface area (Å²) in [6.45, 7) is 0. The molecule has 0 atom stereocenters. The Morgan fingerprint density at radius 1 is 1.07 bits per heavy atom. The molecule has 2 aromatic heterocycles. The van der Waals surface area contributed by atoms with Crippen molar-refractivity contribution in [3.63, 3.8) is 0 Å². The molecule has 0 fully saturated rings. The number of nitrogens with zero attached hydrogens (tertiary/aromatic N) is 6. The van der Waals surface area contributed by atoms with Gasteiger partial charge in [-0.15, -0.1) is 10.2 Å². The minimum atomic E-state index is -0.0724. The van der Waals surface area contributed by atoms with E-state index in [9.17, 15) is 9.59 Å². The van der Waals surface area contributed by atoms with Gasteiger partial charge in [-0.3, -0.25) is 9.59 Å². The van der Waals surface area contributed by atoms with E-state index >= 15 is 0 Å². The lowest BCUT2D eigenvalue weighted by molar-refractivity contribution is -0.128. The van der Waals surface area contributed by atoms with Crippen LogP contribution in [-0.2, 0) is 22.4 Å². The molecule has 0 saturated carbocycles. The largest absolute Gasteiger partial charge is 0.349 e. The topological polar surface area (TPSA) is 83.7 Å². The monoisotopic (exact) mass is 406 g/mol. The van der Waals surface area contributed by atoms with Crippen molar-refractivity contribution in [1.29, 1.82) is 0 Å². The first-order valence-corrected chi connectivity index (χ1v) is 9.36. The fourth-order valence-corrected chi connectivity index (χ4v) is 3.42. The number of fused-ring (bicyclic) bond motifs is 1. The maximum Gasteiger partial charge on any atom is 0.234 e. The van der Waals surface area contributed by atoms with Crippen LogP contribution in [-0.4, -0.2) is 69.6 Å². The molecule has 10 heteroatoms. The smallest absolute Gasteiger partial charge is 0.234 e. The summed E-state index contributed by atoms with van der Waals surface area (Å²) < 4.78 is 1.58. The van der Waals surface area contributed by atoms with Crippen molar-refractivity contribution in [1.82, 2.24) is 29.6 Å². The first-order valence-electron chi connectivity index (χ1n) is 8.16. The summed E-state index contributed by atoms with van der Waals surface area (Å²) >= 11 is 7.72. The Labute approximate surface area is 165 Å². The highest BCUT2D eigenvalue weighted by atomic mass is 35.5. The minimum absolute atomic E-state index is 0.0151. The third kappa shape index (κ3) is 4.09. The van der Waals surface area contributed by atoms with E-state index in [0.29, 0.717) is 20.8 Å². The Bertz CT molecular complexity index is 1010. The average molecular weight is 407 g/mol. The zero-order chi connectivity index (χ0) is 19.7. The highest BCUT2D eigenvalue weighted by Crippen LogP contribution is 2.29. The Kier molecular flexibility index (Phi) is 5.43. The van der Waals surface area contributed by atoms with Crippen LogP contribution >= 0.6 is 22.9 Å². The van der Waals surface area contributed by atoms with Crippen molar-refractivity contribution in [2.45, 2.75) is 12.8 Å². The average Bonchev–Trinajstić information content (AvgIpc) is 3.18. The van der Waals surface area contributed by atoms with E-state index in [1.165, 1.54) is 21.1 Å². The summed E-state index contributed by atoms with van der Waals surface area (Å²) in [4.78, 5) is 27.4. The van der Waals surface area contributed by atoms with Crippen LogP contribution in [0.25, 0.3) is 15.5 Å². The SMILES string of the molecule is CN(C)C(=O)Cc1ccc(-c2nn3c(CC(=O)N(C)C)nnc3s2)cc1Cl. The van der Waals surface area contributed by atoms with E-state index in [2.05, 4.69) is 15.3 Å². The predicted octanol–water partition coefficient (Wildman–Crippen LogP) is 1.77. The molecule has 0 saturated heterocycles. The quantitative estimate of drug-likeness (QED) is 0.644. The Balaban J connectivity index is 1.87. The lowest BCUT2D eigenvalue weighted by Crippen LogP contribution is -2.24. The first-order chi connectivity index (χ1) is 12.8. The van der Waals surface area contributed by atoms with Gasteiger partial charge in [0.05, 0.1) is 12.8 Å². The highest BCUT2D eigenvalue weighted by molar-refractivity contribution is 7.19. The van der Waals surface area contributed by atoms with Gasteiger partial charge in [-0.1, -0.05) is 35.1 Å². The molecule has 2 heterocycles. The van der Waals surface area contributed by atoms with Gasteiger partial charge < -0.3 is 9.80 Å². The normalized spacial score (nSPS) is 11.0. The van der Waals surface area contributed by atoms with Gasteiger partial charge in [-0.25, -0.2) is 0 Å². The summed E-state index contributed by atoms with van der Waals surface area (Å²) in [5, 5.41) is 13.9. The van der Waals surface area contributed by atoms with Crippen molar-refractivity contribution in [2.75, 3.05) is 28.2 Å². The molecule has 3 rings (SSSR count). The highest BCUT2D eigenvalue weighted by Gasteiger charge is 2.17. The minimum Gasteiger partial charge on any atom is -0.349 e. The van der Waals surface area contributed by atoms with Crippen molar-refractivity contribution >= 4 is 39.7 Å². The van der Waals surface area contributed by atoms with Crippen LogP contribution < -0.4 is 0 Å². The van der Waals surface area contributed by atoms with Crippen LogP contribution in [0, 0.1) is 0 Å². The number of likely N-dealkylation sites (N-methyl/N-ethyl adjacent to an activating group) is 2. The van der Waals surface area contributed by atoms with Crippen LogP contribution in [0.3, 0.4) is 0 Å². The zero-order valence-corrected chi connectivity index (χ0v) is 17.0. The summed E-state index contributed by atoms with van der Waals surface area (Å²) in [7, 11) is 6.81. The molecule has 0 unspecified atom stereocenters. The van der Waals surface area contributed by atoms with Gasteiger partial charge in [0.25, 0.3) is 0 Å². The number of halogens is 1. The molecule has 0 bridgehead atoms. The summed E-state index contributed by atoms with van der Waals surface area (Å²) in [5.41, 5.74) is 1.58. The van der Waals surface area contributed by atoms with E-state index < -0.39 is 0 Å². The maximum absolute atomic E-state index is 11.9.